The minimum atomic E-state index is 0. The molecular weight excluding hydrogens is 191 g/mol. The number of allylic oxidation sites excluding steroid dienone is 3. The van der Waals surface area contributed by atoms with Gasteiger partial charge < -0.3 is 0 Å². The van der Waals surface area contributed by atoms with E-state index in [1.54, 1.807) is 5.57 Å². The van der Waals surface area contributed by atoms with Crippen LogP contribution in [0.1, 0.15) is 33.1 Å². The Morgan fingerprint density at radius 3 is 2.42 bits per heavy atom. The first-order chi connectivity index (χ1) is 4.70. The lowest BCUT2D eigenvalue weighted by atomic mass is 9.86. The second-order valence-corrected chi connectivity index (χ2v) is 3.37. The van der Waals surface area contributed by atoms with Crippen LogP contribution in [0.3, 0.4) is 0 Å². The Morgan fingerprint density at radius 2 is 2.08 bits per heavy atom. The highest BCUT2D eigenvalue weighted by Gasteiger charge is 2.11. The van der Waals surface area contributed by atoms with Crippen LogP contribution in [0.15, 0.2) is 23.8 Å². The van der Waals surface area contributed by atoms with Gasteiger partial charge in [0.2, 0.25) is 0 Å². The van der Waals surface area contributed by atoms with Crippen LogP contribution >= 0.6 is 24.8 Å². The quantitative estimate of drug-likeness (QED) is 0.569. The molecule has 0 nitrogen and oxygen atoms in total. The van der Waals surface area contributed by atoms with E-state index in [9.17, 15) is 0 Å². The van der Waals surface area contributed by atoms with Crippen LogP contribution in [0.4, 0.5) is 0 Å². The van der Waals surface area contributed by atoms with Crippen LogP contribution in [0.25, 0.3) is 0 Å². The van der Waals surface area contributed by atoms with Crippen molar-refractivity contribution < 1.29 is 0 Å². The second kappa shape index (κ2) is 6.56. The van der Waals surface area contributed by atoms with E-state index in [4.69, 9.17) is 0 Å². The second-order valence-electron chi connectivity index (χ2n) is 3.37. The Bertz CT molecular complexity index is 171. The van der Waals surface area contributed by atoms with Gasteiger partial charge in [-0.2, -0.15) is 0 Å². The van der Waals surface area contributed by atoms with Crippen molar-refractivity contribution in [2.75, 3.05) is 0 Å². The third-order valence-corrected chi connectivity index (χ3v) is 2.33. The summed E-state index contributed by atoms with van der Waals surface area (Å²) in [6.45, 7) is 8.33. The number of halogens is 2. The summed E-state index contributed by atoms with van der Waals surface area (Å²) in [5, 5.41) is 0. The van der Waals surface area contributed by atoms with Crippen LogP contribution in [0.2, 0.25) is 0 Å². The summed E-state index contributed by atoms with van der Waals surface area (Å²) in [6, 6.07) is 0. The van der Waals surface area contributed by atoms with Crippen LogP contribution in [-0.2, 0) is 0 Å². The number of hydrogen-bond acceptors (Lipinski definition) is 0. The maximum Gasteiger partial charge on any atom is -0.0171 e. The fraction of sp³-hybridized carbons (Fsp3) is 0.600. The zero-order valence-electron chi connectivity index (χ0n) is 7.80. The molecule has 0 bridgehead atoms. The van der Waals surface area contributed by atoms with Gasteiger partial charge in [-0.25, -0.2) is 0 Å². The Morgan fingerprint density at radius 1 is 1.50 bits per heavy atom. The van der Waals surface area contributed by atoms with Crippen molar-refractivity contribution in [2.24, 2.45) is 5.92 Å². The van der Waals surface area contributed by atoms with Crippen LogP contribution < -0.4 is 0 Å². The summed E-state index contributed by atoms with van der Waals surface area (Å²) in [5.74, 6) is 0.767. The van der Waals surface area contributed by atoms with Gasteiger partial charge in [-0.1, -0.05) is 23.8 Å². The summed E-state index contributed by atoms with van der Waals surface area (Å²) in [5.41, 5.74) is 2.90. The average Bonchev–Trinajstić information content (AvgIpc) is 1.88. The molecule has 0 spiro atoms. The van der Waals surface area contributed by atoms with Crippen molar-refractivity contribution in [3.63, 3.8) is 0 Å². The van der Waals surface area contributed by atoms with Gasteiger partial charge in [0.15, 0.2) is 0 Å². The summed E-state index contributed by atoms with van der Waals surface area (Å²) in [6.07, 6.45) is 6.17. The molecule has 0 saturated carbocycles. The maximum absolute atomic E-state index is 3.97. The van der Waals surface area contributed by atoms with E-state index in [0.29, 0.717) is 0 Å². The highest BCUT2D eigenvalue weighted by Crippen LogP contribution is 2.27. The SMILES string of the molecule is C=C(C)C1CC=C(C)CC1.Cl.Cl. The van der Waals surface area contributed by atoms with E-state index in [1.165, 1.54) is 24.8 Å². The molecule has 1 atom stereocenters. The van der Waals surface area contributed by atoms with Gasteiger partial charge in [0.25, 0.3) is 0 Å². The lowest BCUT2D eigenvalue weighted by Gasteiger charge is -2.19. The van der Waals surface area contributed by atoms with Gasteiger partial charge in [0, 0.05) is 0 Å². The molecule has 0 aliphatic heterocycles. The van der Waals surface area contributed by atoms with Gasteiger partial charge in [0.05, 0.1) is 0 Å². The van der Waals surface area contributed by atoms with Crippen molar-refractivity contribution in [3.8, 4) is 0 Å². The third-order valence-electron chi connectivity index (χ3n) is 2.33. The lowest BCUT2D eigenvalue weighted by Crippen LogP contribution is -2.04. The largest absolute Gasteiger partial charge is 0.147 e. The predicted octanol–water partition coefficient (Wildman–Crippen LogP) is 4.15. The summed E-state index contributed by atoms with van der Waals surface area (Å²) >= 11 is 0. The van der Waals surface area contributed by atoms with Crippen molar-refractivity contribution in [3.05, 3.63) is 23.8 Å². The molecule has 1 rings (SSSR count). The van der Waals surface area contributed by atoms with Crippen molar-refractivity contribution in [1.29, 1.82) is 0 Å². The molecule has 0 aromatic rings. The normalized spacial score (nSPS) is 21.5. The predicted molar refractivity (Wildman–Crippen MR) is 60.4 cm³/mol. The molecule has 0 N–H and O–H groups in total. The zero-order valence-corrected chi connectivity index (χ0v) is 9.43. The first kappa shape index (κ1) is 14.6. The van der Waals surface area contributed by atoms with Crippen LogP contribution in [0.5, 0.6) is 0 Å². The Balaban J connectivity index is 0. The zero-order chi connectivity index (χ0) is 7.56. The molecule has 1 aliphatic rings. The fourth-order valence-electron chi connectivity index (χ4n) is 1.41. The molecule has 1 aliphatic carbocycles. The Kier molecular flexibility index (Phi) is 7.97. The van der Waals surface area contributed by atoms with Gasteiger partial charge >= 0.3 is 0 Å². The molecule has 0 amide bonds. The molecule has 72 valence electrons. The smallest absolute Gasteiger partial charge is 0.0171 e. The van der Waals surface area contributed by atoms with Crippen molar-refractivity contribution in [1.82, 2.24) is 0 Å². The van der Waals surface area contributed by atoms with E-state index in [0.717, 1.165) is 5.92 Å². The molecule has 12 heavy (non-hydrogen) atoms. The summed E-state index contributed by atoms with van der Waals surface area (Å²) < 4.78 is 0. The minimum absolute atomic E-state index is 0. The molecule has 1 unspecified atom stereocenters. The average molecular weight is 209 g/mol. The molecule has 0 heterocycles. The molecule has 2 heteroatoms. The monoisotopic (exact) mass is 208 g/mol. The molecule has 0 aromatic heterocycles. The first-order valence-electron chi connectivity index (χ1n) is 4.01. The molecule has 0 aromatic carbocycles. The van der Waals surface area contributed by atoms with Crippen LogP contribution in [0, 0.1) is 5.92 Å². The van der Waals surface area contributed by atoms with E-state index >= 15 is 0 Å². The Labute approximate surface area is 87.9 Å². The van der Waals surface area contributed by atoms with Crippen molar-refractivity contribution >= 4 is 24.8 Å². The topological polar surface area (TPSA) is 0 Å². The Hall–Kier alpha value is 0.0600. The number of hydrogen-bond donors (Lipinski definition) is 0. The molecule has 0 radical (unpaired) electrons. The lowest BCUT2D eigenvalue weighted by molar-refractivity contribution is 0.540. The highest BCUT2D eigenvalue weighted by molar-refractivity contribution is 5.85. The van der Waals surface area contributed by atoms with E-state index < -0.39 is 0 Å². The molecule has 0 saturated heterocycles. The molecular formula is C10H18Cl2. The van der Waals surface area contributed by atoms with E-state index in [-0.39, 0.29) is 24.8 Å². The summed E-state index contributed by atoms with van der Waals surface area (Å²) in [7, 11) is 0. The van der Waals surface area contributed by atoms with E-state index in [2.05, 4.69) is 26.5 Å². The third kappa shape index (κ3) is 4.18. The van der Waals surface area contributed by atoms with Gasteiger partial charge in [0.1, 0.15) is 0 Å². The first-order valence-corrected chi connectivity index (χ1v) is 4.01. The minimum Gasteiger partial charge on any atom is -0.147 e. The van der Waals surface area contributed by atoms with Gasteiger partial charge in [-0.05, 0) is 39.0 Å². The summed E-state index contributed by atoms with van der Waals surface area (Å²) in [4.78, 5) is 0. The standard InChI is InChI=1S/C10H16.2ClH/c1-8(2)10-6-4-9(3)5-7-10;;/h4,10H,1,5-7H2,2-3H3;2*1H. The van der Waals surface area contributed by atoms with E-state index in [1.807, 2.05) is 0 Å². The molecule has 0 fully saturated rings. The maximum atomic E-state index is 3.97. The fourth-order valence-corrected chi connectivity index (χ4v) is 1.41. The van der Waals surface area contributed by atoms with Gasteiger partial charge in [-0.3, -0.25) is 0 Å². The highest BCUT2D eigenvalue weighted by atomic mass is 35.5. The van der Waals surface area contributed by atoms with Crippen LogP contribution in [-0.4, -0.2) is 0 Å². The number of rotatable bonds is 1. The van der Waals surface area contributed by atoms with Gasteiger partial charge in [-0.15, -0.1) is 24.8 Å². The van der Waals surface area contributed by atoms with Crippen molar-refractivity contribution in [2.45, 2.75) is 33.1 Å².